The van der Waals surface area contributed by atoms with Crippen molar-refractivity contribution in [3.8, 4) is 33.9 Å². The maximum Gasteiger partial charge on any atom is 0.145 e. The summed E-state index contributed by atoms with van der Waals surface area (Å²) in [6.07, 6.45) is -0.674. The van der Waals surface area contributed by atoms with E-state index in [0.29, 0.717) is 18.8 Å². The standard InChI is InChI=1S/C35H32N2O3/c1-39-28-18-20-31(32(21-28)40-2)36-22-27(38)23-37-34(26-14-7-4-8-15-26)33(25-12-5-3-6-13-25)30-19-17-24-11-9-10-16-29(24)35(30)37/h3-21,27,36,38H,22-23H2,1-2H3/t27-/m1/s1. The molecule has 5 aromatic carbocycles. The number of nitrogens with one attached hydrogen (secondary N) is 1. The Bertz CT molecular complexity index is 1760. The predicted molar refractivity (Wildman–Crippen MR) is 164 cm³/mol. The summed E-state index contributed by atoms with van der Waals surface area (Å²) >= 11 is 0. The van der Waals surface area contributed by atoms with Crippen LogP contribution in [0.5, 0.6) is 11.5 Å². The third kappa shape index (κ3) is 4.76. The normalized spacial score (nSPS) is 12.0. The molecule has 200 valence electrons. The summed E-state index contributed by atoms with van der Waals surface area (Å²) in [7, 11) is 3.26. The molecule has 0 radical (unpaired) electrons. The van der Waals surface area contributed by atoms with Crippen molar-refractivity contribution in [2.75, 3.05) is 26.1 Å². The highest BCUT2D eigenvalue weighted by Gasteiger charge is 2.23. The van der Waals surface area contributed by atoms with Gasteiger partial charge in [-0.3, -0.25) is 0 Å². The fourth-order valence-electron chi connectivity index (χ4n) is 5.55. The van der Waals surface area contributed by atoms with Gasteiger partial charge in [0.2, 0.25) is 0 Å². The molecule has 0 aliphatic heterocycles. The van der Waals surface area contributed by atoms with E-state index in [1.54, 1.807) is 14.2 Å². The van der Waals surface area contributed by atoms with E-state index in [1.165, 1.54) is 16.3 Å². The molecule has 6 rings (SSSR count). The Morgan fingerprint density at radius 3 is 2.15 bits per heavy atom. The van der Waals surface area contributed by atoms with Crippen molar-refractivity contribution in [1.29, 1.82) is 0 Å². The molecule has 0 saturated heterocycles. The number of aromatic nitrogens is 1. The van der Waals surface area contributed by atoms with E-state index < -0.39 is 6.10 Å². The van der Waals surface area contributed by atoms with Crippen molar-refractivity contribution >= 4 is 27.4 Å². The van der Waals surface area contributed by atoms with Gasteiger partial charge in [-0.15, -0.1) is 0 Å². The molecule has 0 unspecified atom stereocenters. The molecule has 1 aromatic heterocycles. The number of aliphatic hydroxyl groups excluding tert-OH is 1. The Morgan fingerprint density at radius 1 is 0.725 bits per heavy atom. The van der Waals surface area contributed by atoms with Crippen molar-refractivity contribution in [3.63, 3.8) is 0 Å². The summed E-state index contributed by atoms with van der Waals surface area (Å²) in [5.41, 5.74) is 6.45. The Hall–Kier alpha value is -4.74. The van der Waals surface area contributed by atoms with Crippen molar-refractivity contribution in [2.45, 2.75) is 12.6 Å². The molecule has 5 nitrogen and oxygen atoms in total. The zero-order chi connectivity index (χ0) is 27.5. The second-order valence-electron chi connectivity index (χ2n) is 9.85. The van der Waals surface area contributed by atoms with Crippen LogP contribution >= 0.6 is 0 Å². The first kappa shape index (κ1) is 25.5. The van der Waals surface area contributed by atoms with Crippen LogP contribution in [0, 0.1) is 0 Å². The topological polar surface area (TPSA) is 55.6 Å². The lowest BCUT2D eigenvalue weighted by molar-refractivity contribution is 0.169. The number of hydrogen-bond acceptors (Lipinski definition) is 4. The molecule has 5 heteroatoms. The van der Waals surface area contributed by atoms with E-state index in [0.717, 1.165) is 39.2 Å². The molecule has 0 saturated carbocycles. The number of benzene rings is 5. The number of aliphatic hydroxyl groups is 1. The van der Waals surface area contributed by atoms with E-state index >= 15 is 0 Å². The number of fused-ring (bicyclic) bond motifs is 3. The van der Waals surface area contributed by atoms with Crippen LogP contribution in [0.4, 0.5) is 5.69 Å². The second-order valence-corrected chi connectivity index (χ2v) is 9.85. The molecule has 1 heterocycles. The van der Waals surface area contributed by atoms with Gasteiger partial charge in [-0.05, 0) is 28.6 Å². The van der Waals surface area contributed by atoms with E-state index in [1.807, 2.05) is 30.3 Å². The van der Waals surface area contributed by atoms with Gasteiger partial charge in [-0.1, -0.05) is 97.1 Å². The number of anilines is 1. The fraction of sp³-hybridized carbons (Fsp3) is 0.143. The lowest BCUT2D eigenvalue weighted by Gasteiger charge is -2.19. The minimum Gasteiger partial charge on any atom is -0.497 e. The van der Waals surface area contributed by atoms with Gasteiger partial charge in [-0.25, -0.2) is 0 Å². The van der Waals surface area contributed by atoms with Crippen LogP contribution in [0.2, 0.25) is 0 Å². The highest BCUT2D eigenvalue weighted by Crippen LogP contribution is 2.43. The van der Waals surface area contributed by atoms with Gasteiger partial charge < -0.3 is 24.5 Å². The van der Waals surface area contributed by atoms with E-state index in [2.05, 4.69) is 94.8 Å². The zero-order valence-corrected chi connectivity index (χ0v) is 22.7. The van der Waals surface area contributed by atoms with Crippen LogP contribution in [0.1, 0.15) is 0 Å². The minimum absolute atomic E-state index is 0.349. The van der Waals surface area contributed by atoms with Crippen LogP contribution in [-0.2, 0) is 6.54 Å². The first-order valence-electron chi connectivity index (χ1n) is 13.5. The molecule has 0 spiro atoms. The summed E-state index contributed by atoms with van der Waals surface area (Å²) in [5.74, 6) is 1.38. The number of methoxy groups -OCH3 is 2. The van der Waals surface area contributed by atoms with Crippen molar-refractivity contribution < 1.29 is 14.6 Å². The number of ether oxygens (including phenoxy) is 2. The number of nitrogens with zero attached hydrogens (tertiary/aromatic N) is 1. The summed E-state index contributed by atoms with van der Waals surface area (Å²) in [5, 5.41) is 18.3. The van der Waals surface area contributed by atoms with Crippen molar-refractivity contribution in [2.24, 2.45) is 0 Å². The first-order valence-corrected chi connectivity index (χ1v) is 13.5. The summed E-state index contributed by atoms with van der Waals surface area (Å²) < 4.78 is 13.2. The smallest absolute Gasteiger partial charge is 0.145 e. The molecule has 0 aliphatic rings. The molecular weight excluding hydrogens is 496 g/mol. The Kier molecular flexibility index (Phi) is 7.13. The van der Waals surface area contributed by atoms with Gasteiger partial charge in [0.15, 0.2) is 0 Å². The van der Waals surface area contributed by atoms with Gasteiger partial charge in [0.25, 0.3) is 0 Å². The van der Waals surface area contributed by atoms with Gasteiger partial charge in [0, 0.05) is 28.9 Å². The largest absolute Gasteiger partial charge is 0.497 e. The third-order valence-electron chi connectivity index (χ3n) is 7.39. The van der Waals surface area contributed by atoms with Crippen molar-refractivity contribution in [3.05, 3.63) is 115 Å². The van der Waals surface area contributed by atoms with E-state index in [-0.39, 0.29) is 0 Å². The molecule has 1 atom stereocenters. The Morgan fingerprint density at radius 2 is 1.43 bits per heavy atom. The second kappa shape index (κ2) is 11.2. The molecule has 40 heavy (non-hydrogen) atoms. The first-order chi connectivity index (χ1) is 19.7. The summed E-state index contributed by atoms with van der Waals surface area (Å²) in [6, 6.07) is 39.5. The van der Waals surface area contributed by atoms with E-state index in [4.69, 9.17) is 9.47 Å². The van der Waals surface area contributed by atoms with Gasteiger partial charge in [0.05, 0.1) is 43.8 Å². The molecule has 6 aromatic rings. The summed E-state index contributed by atoms with van der Waals surface area (Å²) in [4.78, 5) is 0. The average Bonchev–Trinajstić information content (AvgIpc) is 3.35. The lowest BCUT2D eigenvalue weighted by atomic mass is 9.97. The maximum absolute atomic E-state index is 11.5. The Balaban J connectivity index is 1.49. The van der Waals surface area contributed by atoms with Gasteiger partial charge >= 0.3 is 0 Å². The highest BCUT2D eigenvalue weighted by molar-refractivity contribution is 6.15. The fourth-order valence-corrected chi connectivity index (χ4v) is 5.55. The molecular formula is C35H32N2O3. The molecule has 0 bridgehead atoms. The average molecular weight is 529 g/mol. The Labute approximate surface area is 234 Å². The number of rotatable bonds is 9. The molecule has 0 fully saturated rings. The number of hydrogen-bond donors (Lipinski definition) is 2. The van der Waals surface area contributed by atoms with Crippen LogP contribution in [0.25, 0.3) is 44.1 Å². The quantitative estimate of drug-likeness (QED) is 0.203. The third-order valence-corrected chi connectivity index (χ3v) is 7.39. The lowest BCUT2D eigenvalue weighted by Crippen LogP contribution is -2.25. The monoisotopic (exact) mass is 528 g/mol. The summed E-state index contributed by atoms with van der Waals surface area (Å²) in [6.45, 7) is 0.759. The molecule has 2 N–H and O–H groups in total. The molecule has 0 amide bonds. The van der Waals surface area contributed by atoms with E-state index in [9.17, 15) is 5.11 Å². The SMILES string of the molecule is COc1ccc(NC[C@@H](O)Cn2c(-c3ccccc3)c(-c3ccccc3)c3ccc4ccccc4c32)c(OC)c1. The minimum atomic E-state index is -0.674. The van der Waals surface area contributed by atoms with Crippen LogP contribution in [0.15, 0.2) is 115 Å². The van der Waals surface area contributed by atoms with Crippen LogP contribution in [0.3, 0.4) is 0 Å². The zero-order valence-electron chi connectivity index (χ0n) is 22.7. The molecule has 0 aliphatic carbocycles. The van der Waals surface area contributed by atoms with Crippen LogP contribution in [-0.4, -0.2) is 36.5 Å². The predicted octanol–water partition coefficient (Wildman–Crippen LogP) is 7.62. The van der Waals surface area contributed by atoms with Gasteiger partial charge in [0.1, 0.15) is 11.5 Å². The van der Waals surface area contributed by atoms with Gasteiger partial charge in [-0.2, -0.15) is 0 Å². The van der Waals surface area contributed by atoms with Crippen molar-refractivity contribution in [1.82, 2.24) is 4.57 Å². The maximum atomic E-state index is 11.5. The highest BCUT2D eigenvalue weighted by atomic mass is 16.5. The van der Waals surface area contributed by atoms with Crippen LogP contribution < -0.4 is 14.8 Å².